The van der Waals surface area contributed by atoms with Crippen LogP contribution in [-0.4, -0.2) is 98.3 Å². The van der Waals surface area contributed by atoms with Gasteiger partial charge in [0.05, 0.1) is 6.61 Å². The van der Waals surface area contributed by atoms with Crippen LogP contribution in [0.15, 0.2) is 12.2 Å². The van der Waals surface area contributed by atoms with E-state index in [9.17, 15) is 44.6 Å². The first kappa shape index (κ1) is 47.6. The molecule has 6 atom stereocenters. The summed E-state index contributed by atoms with van der Waals surface area (Å²) in [5.74, 6) is -1.16. The minimum Gasteiger partial charge on any atom is -0.462 e. The molecule has 14 heteroatoms. The number of phosphoric ester groups is 1. The van der Waals surface area contributed by atoms with Gasteiger partial charge < -0.3 is 39.9 Å². The zero-order chi connectivity index (χ0) is 37.9. The number of phosphoric acid groups is 1. The highest BCUT2D eigenvalue weighted by Gasteiger charge is 2.51. The van der Waals surface area contributed by atoms with Gasteiger partial charge in [-0.05, 0) is 38.5 Å². The molecule has 13 nitrogen and oxygen atoms in total. The molecule has 0 aromatic rings. The molecule has 6 unspecified atom stereocenters. The van der Waals surface area contributed by atoms with Crippen molar-refractivity contribution >= 4 is 19.8 Å². The third-order valence-corrected chi connectivity index (χ3v) is 10.1. The maximum atomic E-state index is 12.6. The number of unbranched alkanes of at least 4 members (excludes halogenated alkanes) is 17. The van der Waals surface area contributed by atoms with Crippen LogP contribution < -0.4 is 0 Å². The summed E-state index contributed by atoms with van der Waals surface area (Å²) in [5, 5.41) is 49.6. The van der Waals surface area contributed by atoms with Gasteiger partial charge >= 0.3 is 19.8 Å². The molecule has 0 bridgehead atoms. The van der Waals surface area contributed by atoms with Crippen LogP contribution in [0.2, 0.25) is 0 Å². The molecule has 300 valence electrons. The summed E-state index contributed by atoms with van der Waals surface area (Å²) in [6.07, 6.45) is 15.0. The zero-order valence-electron chi connectivity index (χ0n) is 31.2. The molecule has 0 aliphatic heterocycles. The van der Waals surface area contributed by atoms with E-state index in [2.05, 4.69) is 19.1 Å². The molecule has 0 heterocycles. The van der Waals surface area contributed by atoms with Crippen molar-refractivity contribution in [2.75, 3.05) is 13.2 Å². The second kappa shape index (κ2) is 29.0. The zero-order valence-corrected chi connectivity index (χ0v) is 32.0. The number of rotatable bonds is 31. The van der Waals surface area contributed by atoms with Crippen LogP contribution in [0.25, 0.3) is 0 Å². The molecule has 1 aliphatic carbocycles. The monoisotopic (exact) mass is 752 g/mol. The SMILES string of the molecule is CCCCCCCCCC/C=C\CCCCCCCCCCCC(=O)OC(COC(=O)CCC)COP(=O)(O)OC1C(O)C(O)C(O)C(O)C1O. The van der Waals surface area contributed by atoms with E-state index in [0.717, 1.165) is 32.1 Å². The largest absolute Gasteiger partial charge is 0.472 e. The number of aliphatic hydroxyl groups is 5. The summed E-state index contributed by atoms with van der Waals surface area (Å²) in [7, 11) is -5.08. The Morgan fingerprint density at radius 3 is 1.53 bits per heavy atom. The quantitative estimate of drug-likeness (QED) is 0.0210. The van der Waals surface area contributed by atoms with Gasteiger partial charge in [-0.1, -0.05) is 116 Å². The maximum Gasteiger partial charge on any atom is 0.472 e. The molecule has 0 aromatic heterocycles. The van der Waals surface area contributed by atoms with Crippen LogP contribution in [0.1, 0.15) is 155 Å². The molecule has 1 rings (SSSR count). The van der Waals surface area contributed by atoms with Crippen LogP contribution in [-0.2, 0) is 32.7 Å². The number of aliphatic hydroxyl groups excluding tert-OH is 5. The molecule has 0 radical (unpaired) electrons. The van der Waals surface area contributed by atoms with Gasteiger partial charge in [0, 0.05) is 12.8 Å². The smallest absolute Gasteiger partial charge is 0.462 e. The van der Waals surface area contributed by atoms with Crippen molar-refractivity contribution in [2.24, 2.45) is 0 Å². The van der Waals surface area contributed by atoms with Crippen molar-refractivity contribution in [3.05, 3.63) is 12.2 Å². The molecule has 1 aliphatic rings. The van der Waals surface area contributed by atoms with Crippen molar-refractivity contribution in [3.8, 4) is 0 Å². The second-order valence-corrected chi connectivity index (χ2v) is 15.2. The molecule has 0 saturated heterocycles. The Bertz CT molecular complexity index is 964. The van der Waals surface area contributed by atoms with Crippen molar-refractivity contribution in [3.63, 3.8) is 0 Å². The Morgan fingerprint density at radius 2 is 1.04 bits per heavy atom. The van der Waals surface area contributed by atoms with Crippen LogP contribution in [0.5, 0.6) is 0 Å². The average molecular weight is 753 g/mol. The van der Waals surface area contributed by atoms with Crippen LogP contribution in [0, 0.1) is 0 Å². The van der Waals surface area contributed by atoms with Crippen LogP contribution >= 0.6 is 7.82 Å². The molecular formula is C37H69O13P. The predicted molar refractivity (Wildman–Crippen MR) is 194 cm³/mol. The number of ether oxygens (including phenoxy) is 2. The fourth-order valence-electron chi connectivity index (χ4n) is 5.91. The summed E-state index contributed by atoms with van der Waals surface area (Å²) >= 11 is 0. The third-order valence-electron chi connectivity index (χ3n) is 9.08. The molecule has 0 aromatic carbocycles. The summed E-state index contributed by atoms with van der Waals surface area (Å²) in [5.41, 5.74) is 0. The third kappa shape index (κ3) is 22.4. The van der Waals surface area contributed by atoms with Gasteiger partial charge in [0.2, 0.25) is 0 Å². The summed E-state index contributed by atoms with van der Waals surface area (Å²) < 4.78 is 32.7. The lowest BCUT2D eigenvalue weighted by atomic mass is 9.85. The van der Waals surface area contributed by atoms with E-state index in [4.69, 9.17) is 18.5 Å². The first-order valence-corrected chi connectivity index (χ1v) is 21.0. The molecule has 51 heavy (non-hydrogen) atoms. The van der Waals surface area contributed by atoms with Gasteiger partial charge in [-0.3, -0.25) is 18.6 Å². The van der Waals surface area contributed by atoms with E-state index >= 15 is 0 Å². The van der Waals surface area contributed by atoms with Crippen LogP contribution in [0.3, 0.4) is 0 Å². The van der Waals surface area contributed by atoms with Gasteiger partial charge in [-0.15, -0.1) is 0 Å². The van der Waals surface area contributed by atoms with Crippen molar-refractivity contribution < 1.29 is 63.1 Å². The fraction of sp³-hybridized carbons (Fsp3) is 0.892. The molecular weight excluding hydrogens is 683 g/mol. The maximum absolute atomic E-state index is 12.6. The average Bonchev–Trinajstić information content (AvgIpc) is 3.10. The lowest BCUT2D eigenvalue weighted by Gasteiger charge is -2.41. The van der Waals surface area contributed by atoms with E-state index < -0.39 is 75.7 Å². The van der Waals surface area contributed by atoms with Gasteiger partial charge in [0.1, 0.15) is 43.2 Å². The lowest BCUT2D eigenvalue weighted by Crippen LogP contribution is -2.64. The fourth-order valence-corrected chi connectivity index (χ4v) is 6.88. The van der Waals surface area contributed by atoms with Crippen molar-refractivity contribution in [1.82, 2.24) is 0 Å². The van der Waals surface area contributed by atoms with Crippen molar-refractivity contribution in [1.29, 1.82) is 0 Å². The first-order valence-electron chi connectivity index (χ1n) is 19.5. The highest BCUT2D eigenvalue weighted by Crippen LogP contribution is 2.47. The Kier molecular flexibility index (Phi) is 27.1. The Labute approximate surface area is 305 Å². The van der Waals surface area contributed by atoms with Gasteiger partial charge in [0.15, 0.2) is 6.10 Å². The summed E-state index contributed by atoms with van der Waals surface area (Å²) in [6.45, 7) is 2.85. The highest BCUT2D eigenvalue weighted by atomic mass is 31.2. The van der Waals surface area contributed by atoms with E-state index in [1.165, 1.54) is 83.5 Å². The number of esters is 2. The minimum absolute atomic E-state index is 0.0951. The normalized spacial score (nSPS) is 24.0. The standard InChI is InChI=1S/C37H69O13P/c1-3-5-6-7-8-9-10-11-12-13-14-15-16-17-18-19-20-21-22-23-24-26-31(39)49-29(27-47-30(38)25-4-2)28-48-51(45,46)50-37-35(43)33(41)32(40)34(42)36(37)44/h13-14,29,32-37,40-44H,3-12,15-28H2,1-2H3,(H,45,46)/b14-13-. The molecule has 1 fully saturated rings. The van der Waals surface area contributed by atoms with Gasteiger partial charge in [0.25, 0.3) is 0 Å². The van der Waals surface area contributed by atoms with Gasteiger partial charge in [-0.2, -0.15) is 0 Å². The van der Waals surface area contributed by atoms with Gasteiger partial charge in [-0.25, -0.2) is 4.57 Å². The van der Waals surface area contributed by atoms with Crippen molar-refractivity contribution in [2.45, 2.75) is 198 Å². The number of carbonyl (C=O) groups excluding carboxylic acids is 2. The Balaban J connectivity index is 2.25. The Hall–Kier alpha value is -1.41. The first-order chi connectivity index (χ1) is 24.4. The molecule has 1 saturated carbocycles. The lowest BCUT2D eigenvalue weighted by molar-refractivity contribution is -0.220. The molecule has 6 N–H and O–H groups in total. The number of hydrogen-bond donors (Lipinski definition) is 6. The predicted octanol–water partition coefficient (Wildman–Crippen LogP) is 5.94. The van der Waals surface area contributed by atoms with E-state index in [1.807, 2.05) is 0 Å². The van der Waals surface area contributed by atoms with E-state index in [0.29, 0.717) is 12.8 Å². The summed E-state index contributed by atoms with van der Waals surface area (Å²) in [6, 6.07) is 0. The highest BCUT2D eigenvalue weighted by molar-refractivity contribution is 7.47. The summed E-state index contributed by atoms with van der Waals surface area (Å²) in [4.78, 5) is 34.6. The number of carbonyl (C=O) groups is 2. The Morgan fingerprint density at radius 1 is 0.588 bits per heavy atom. The minimum atomic E-state index is -5.08. The number of hydrogen-bond acceptors (Lipinski definition) is 12. The van der Waals surface area contributed by atoms with Crippen LogP contribution in [0.4, 0.5) is 0 Å². The molecule has 0 spiro atoms. The molecule has 0 amide bonds. The number of allylic oxidation sites excluding steroid dienone is 2. The second-order valence-electron chi connectivity index (χ2n) is 13.8. The topological polar surface area (TPSA) is 210 Å². The van der Waals surface area contributed by atoms with E-state index in [1.54, 1.807) is 6.92 Å². The van der Waals surface area contributed by atoms with E-state index in [-0.39, 0.29) is 12.8 Å².